The Balaban J connectivity index is 1.85. The van der Waals surface area contributed by atoms with Crippen LogP contribution in [0, 0.1) is 5.41 Å². The molecular weight excluding hydrogens is 498 g/mol. The molecule has 1 saturated carbocycles. The van der Waals surface area contributed by atoms with E-state index in [2.05, 4.69) is 10.1 Å². The van der Waals surface area contributed by atoms with Crippen molar-refractivity contribution in [1.82, 2.24) is 14.8 Å². The number of nitrogens with zero attached hydrogens (tertiary/aromatic N) is 3. The molecule has 13 heteroatoms. The highest BCUT2D eigenvalue weighted by atomic mass is 35.5. The van der Waals surface area contributed by atoms with Gasteiger partial charge in [-0.3, -0.25) is 4.79 Å². The van der Waals surface area contributed by atoms with E-state index >= 15 is 0 Å². The highest BCUT2D eigenvalue weighted by molar-refractivity contribution is 6.30. The largest absolute Gasteiger partial charge is 0.481 e. The zero-order valence-electron chi connectivity index (χ0n) is 19.1. The van der Waals surface area contributed by atoms with Gasteiger partial charge < -0.3 is 35.0 Å². The second kappa shape index (κ2) is 9.88. The molecule has 1 aromatic carbocycles. The zero-order chi connectivity index (χ0) is 26.3. The normalized spacial score (nSPS) is 35.7. The molecule has 194 valence electrons. The van der Waals surface area contributed by atoms with E-state index in [1.165, 1.54) is 24.3 Å². The van der Waals surface area contributed by atoms with Crippen molar-refractivity contribution in [3.8, 4) is 0 Å². The first-order valence-electron chi connectivity index (χ1n) is 11.1. The number of benzene rings is 1. The molecule has 36 heavy (non-hydrogen) atoms. The van der Waals surface area contributed by atoms with Crippen molar-refractivity contribution in [2.24, 2.45) is 5.41 Å². The maximum atomic E-state index is 12.7. The molecule has 2 aliphatic rings. The molecule has 12 nitrogen and oxygen atoms in total. The third-order valence-corrected chi connectivity index (χ3v) is 7.22. The SMILES string of the molecule is CC1(C(=O)O)CCC(=Cc2ccc(Cl)cc2)C1(Cn1cncn1)O[C@H]1O[C@H](C(=O)O)[C@@H](O)[C@H](O)[C@@H]1O. The minimum Gasteiger partial charge on any atom is -0.481 e. The Bertz CT molecular complexity index is 1140. The van der Waals surface area contributed by atoms with Crippen LogP contribution in [0.2, 0.25) is 5.02 Å². The quantitative estimate of drug-likeness (QED) is 0.341. The smallest absolute Gasteiger partial charge is 0.335 e. The van der Waals surface area contributed by atoms with Gasteiger partial charge in [-0.25, -0.2) is 14.5 Å². The Hall–Kier alpha value is -2.87. The summed E-state index contributed by atoms with van der Waals surface area (Å²) in [5.74, 6) is -2.79. The van der Waals surface area contributed by atoms with Crippen LogP contribution in [0.5, 0.6) is 0 Å². The first kappa shape index (κ1) is 26.2. The minimum absolute atomic E-state index is 0.132. The molecule has 7 atom stereocenters. The van der Waals surface area contributed by atoms with E-state index < -0.39 is 53.7 Å². The summed E-state index contributed by atoms with van der Waals surface area (Å²) < 4.78 is 13.0. The number of aliphatic hydroxyl groups excluding tert-OH is 3. The van der Waals surface area contributed by atoms with Crippen LogP contribution in [0.4, 0.5) is 0 Å². The number of carbonyl (C=O) groups is 2. The van der Waals surface area contributed by atoms with Gasteiger partial charge in [-0.2, -0.15) is 5.10 Å². The van der Waals surface area contributed by atoms with Crippen molar-refractivity contribution in [2.45, 2.75) is 62.6 Å². The van der Waals surface area contributed by atoms with Gasteiger partial charge in [0.05, 0.1) is 6.54 Å². The summed E-state index contributed by atoms with van der Waals surface area (Å²) in [6.07, 6.45) is -4.68. The lowest BCUT2D eigenvalue weighted by atomic mass is 9.73. The van der Waals surface area contributed by atoms with E-state index in [0.717, 1.165) is 0 Å². The minimum atomic E-state index is -1.93. The lowest BCUT2D eigenvalue weighted by Gasteiger charge is -2.47. The fourth-order valence-corrected chi connectivity index (χ4v) is 4.91. The molecule has 0 bridgehead atoms. The topological polar surface area (TPSA) is 184 Å². The maximum absolute atomic E-state index is 12.7. The molecule has 2 fully saturated rings. The van der Waals surface area contributed by atoms with Crippen LogP contribution >= 0.6 is 11.6 Å². The summed E-state index contributed by atoms with van der Waals surface area (Å²) >= 11 is 6.00. The summed E-state index contributed by atoms with van der Waals surface area (Å²) in [6, 6.07) is 6.81. The van der Waals surface area contributed by atoms with Crippen molar-refractivity contribution in [3.63, 3.8) is 0 Å². The van der Waals surface area contributed by atoms with Gasteiger partial charge in [0.1, 0.15) is 42.0 Å². The van der Waals surface area contributed by atoms with Crippen molar-refractivity contribution < 1.29 is 44.6 Å². The number of aliphatic carboxylic acids is 2. The maximum Gasteiger partial charge on any atom is 0.335 e. The Morgan fingerprint density at radius 3 is 2.47 bits per heavy atom. The zero-order valence-corrected chi connectivity index (χ0v) is 19.9. The average Bonchev–Trinajstić information content (AvgIpc) is 3.43. The van der Waals surface area contributed by atoms with Crippen LogP contribution in [0.3, 0.4) is 0 Å². The van der Waals surface area contributed by atoms with E-state index in [1.807, 2.05) is 0 Å². The average molecular weight is 524 g/mol. The molecule has 4 rings (SSSR count). The van der Waals surface area contributed by atoms with Crippen molar-refractivity contribution in [1.29, 1.82) is 0 Å². The summed E-state index contributed by atoms with van der Waals surface area (Å²) in [4.78, 5) is 28.2. The summed E-state index contributed by atoms with van der Waals surface area (Å²) in [5.41, 5.74) is -2.13. The number of halogens is 1. The second-order valence-electron chi connectivity index (χ2n) is 9.13. The monoisotopic (exact) mass is 523 g/mol. The van der Waals surface area contributed by atoms with E-state index in [4.69, 9.17) is 21.1 Å². The van der Waals surface area contributed by atoms with Crippen LogP contribution in [-0.2, 0) is 25.6 Å². The number of ether oxygens (including phenoxy) is 2. The number of hydrogen-bond acceptors (Lipinski definition) is 9. The third-order valence-electron chi connectivity index (χ3n) is 6.97. The van der Waals surface area contributed by atoms with Gasteiger partial charge in [-0.05, 0) is 43.0 Å². The molecule has 0 spiro atoms. The molecule has 1 aliphatic carbocycles. The Morgan fingerprint density at radius 2 is 1.89 bits per heavy atom. The van der Waals surface area contributed by atoms with Gasteiger partial charge in [0, 0.05) is 5.02 Å². The van der Waals surface area contributed by atoms with Crippen LogP contribution in [0.15, 0.2) is 42.5 Å². The van der Waals surface area contributed by atoms with Crippen LogP contribution in [-0.4, -0.2) is 88.5 Å². The van der Waals surface area contributed by atoms with Gasteiger partial charge in [0.15, 0.2) is 12.4 Å². The predicted octanol–water partition coefficient (Wildman–Crippen LogP) is 0.547. The number of aromatic nitrogens is 3. The number of aliphatic hydroxyl groups is 3. The fraction of sp³-hybridized carbons (Fsp3) is 0.478. The van der Waals surface area contributed by atoms with E-state index in [1.54, 1.807) is 30.3 Å². The molecular formula is C23H26ClN3O9. The van der Waals surface area contributed by atoms with Crippen LogP contribution in [0.25, 0.3) is 6.08 Å². The van der Waals surface area contributed by atoms with Crippen LogP contribution in [0.1, 0.15) is 25.3 Å². The predicted molar refractivity (Wildman–Crippen MR) is 123 cm³/mol. The number of carboxylic acid groups (broad SMARTS) is 2. The lowest BCUT2D eigenvalue weighted by Crippen LogP contribution is -2.64. The van der Waals surface area contributed by atoms with Gasteiger partial charge in [-0.15, -0.1) is 0 Å². The summed E-state index contributed by atoms with van der Waals surface area (Å²) in [6.45, 7) is 1.29. The molecule has 0 amide bonds. The third kappa shape index (κ3) is 4.51. The Morgan fingerprint density at radius 1 is 1.19 bits per heavy atom. The fourth-order valence-electron chi connectivity index (χ4n) is 4.78. The van der Waals surface area contributed by atoms with E-state index in [9.17, 15) is 35.1 Å². The van der Waals surface area contributed by atoms with Crippen LogP contribution < -0.4 is 0 Å². The number of rotatable bonds is 7. The van der Waals surface area contributed by atoms with Crippen molar-refractivity contribution in [2.75, 3.05) is 0 Å². The van der Waals surface area contributed by atoms with E-state index in [0.29, 0.717) is 16.2 Å². The van der Waals surface area contributed by atoms with E-state index in [-0.39, 0.29) is 19.4 Å². The number of carboxylic acids is 2. The highest BCUT2D eigenvalue weighted by Crippen LogP contribution is 2.55. The second-order valence-corrected chi connectivity index (χ2v) is 9.57. The van der Waals surface area contributed by atoms with Crippen molar-refractivity contribution >= 4 is 29.6 Å². The standard InChI is InChI=1S/C23H26ClN3O9/c1-22(21(33)34)7-6-13(8-12-2-4-14(24)5-3-12)23(22,9-27-11-25-10-26-27)36-20-17(30)15(28)16(29)18(35-20)19(31)32/h2-5,8,10-11,15-18,20,28-30H,6-7,9H2,1H3,(H,31,32)(H,33,34)/t15-,16-,17-,18-,20+,22?,23?/m0/s1. The lowest BCUT2D eigenvalue weighted by molar-refractivity contribution is -0.325. The van der Waals surface area contributed by atoms with Gasteiger partial charge in [0.25, 0.3) is 0 Å². The van der Waals surface area contributed by atoms with Gasteiger partial charge in [-0.1, -0.05) is 29.8 Å². The molecule has 1 aromatic heterocycles. The van der Waals surface area contributed by atoms with Crippen molar-refractivity contribution in [3.05, 3.63) is 53.1 Å². The molecule has 2 aromatic rings. The molecule has 2 heterocycles. The summed E-state index contributed by atoms with van der Waals surface area (Å²) in [7, 11) is 0. The molecule has 5 N–H and O–H groups in total. The first-order valence-corrected chi connectivity index (χ1v) is 11.5. The molecule has 1 aliphatic heterocycles. The molecule has 1 saturated heterocycles. The first-order chi connectivity index (χ1) is 17.0. The Kier molecular flexibility index (Phi) is 7.19. The Labute approximate surface area is 210 Å². The highest BCUT2D eigenvalue weighted by Gasteiger charge is 2.63. The van der Waals surface area contributed by atoms with Gasteiger partial charge >= 0.3 is 11.9 Å². The summed E-state index contributed by atoms with van der Waals surface area (Å²) in [5, 5.41) is 55.4. The molecule has 0 radical (unpaired) electrons. The van der Waals surface area contributed by atoms with Gasteiger partial charge in [0.2, 0.25) is 0 Å². The molecule has 2 unspecified atom stereocenters. The number of hydrogen-bond donors (Lipinski definition) is 5.